The molecule has 0 unspecified atom stereocenters. The summed E-state index contributed by atoms with van der Waals surface area (Å²) in [6, 6.07) is 14.5. The molecule has 0 saturated carbocycles. The molecule has 0 aromatic heterocycles. The van der Waals surface area contributed by atoms with Gasteiger partial charge in [-0.1, -0.05) is 47.5 Å². The summed E-state index contributed by atoms with van der Waals surface area (Å²) in [6.07, 6.45) is 4.55. The van der Waals surface area contributed by atoms with Gasteiger partial charge in [-0.2, -0.15) is 0 Å². The van der Waals surface area contributed by atoms with Crippen molar-refractivity contribution in [3.05, 3.63) is 69.7 Å². The van der Waals surface area contributed by atoms with Crippen LogP contribution in [0, 0.1) is 6.92 Å². The van der Waals surface area contributed by atoms with Gasteiger partial charge in [0.15, 0.2) is 0 Å². The summed E-state index contributed by atoms with van der Waals surface area (Å²) in [4.78, 5) is 14.6. The number of aryl methyl sites for hydroxylation is 3. The fourth-order valence-electron chi connectivity index (χ4n) is 3.35. The van der Waals surface area contributed by atoms with Crippen LogP contribution in [0.3, 0.4) is 0 Å². The quantitative estimate of drug-likeness (QED) is 0.770. The molecule has 0 N–H and O–H groups in total. The average molecular weight is 342 g/mol. The third-order valence-electron chi connectivity index (χ3n) is 4.72. The second kappa shape index (κ2) is 7.85. The van der Waals surface area contributed by atoms with E-state index >= 15 is 0 Å². The Morgan fingerprint density at radius 2 is 1.92 bits per heavy atom. The highest BCUT2D eigenvalue weighted by Crippen LogP contribution is 2.21. The van der Waals surface area contributed by atoms with Crippen LogP contribution < -0.4 is 0 Å². The van der Waals surface area contributed by atoms with Crippen molar-refractivity contribution < 1.29 is 4.79 Å². The van der Waals surface area contributed by atoms with E-state index in [0.717, 1.165) is 43.8 Å². The number of nitrogens with zero attached hydrogens (tertiary/aromatic N) is 1. The van der Waals surface area contributed by atoms with Crippen LogP contribution in [-0.2, 0) is 24.2 Å². The van der Waals surface area contributed by atoms with E-state index in [1.807, 2.05) is 29.2 Å². The van der Waals surface area contributed by atoms with Gasteiger partial charge in [0.1, 0.15) is 0 Å². The number of carbonyl (C=O) groups is 1. The average Bonchev–Trinajstić information content (AvgIpc) is 2.78. The minimum absolute atomic E-state index is 0.275. The van der Waals surface area contributed by atoms with Crippen molar-refractivity contribution in [1.29, 1.82) is 0 Å². The molecule has 2 nitrogen and oxygen atoms in total. The Bertz CT molecular complexity index is 708. The minimum Gasteiger partial charge on any atom is -0.338 e. The van der Waals surface area contributed by atoms with E-state index in [9.17, 15) is 4.79 Å². The van der Waals surface area contributed by atoms with Crippen molar-refractivity contribution in [2.24, 2.45) is 0 Å². The first-order valence-electron chi connectivity index (χ1n) is 8.72. The highest BCUT2D eigenvalue weighted by Gasteiger charge is 2.18. The van der Waals surface area contributed by atoms with Gasteiger partial charge >= 0.3 is 0 Å². The SMILES string of the molecule is Cc1ccc2c(c1)CCCN(C(=O)CCCc1ccc(Cl)cc1)C2. The van der Waals surface area contributed by atoms with Gasteiger partial charge in [-0.15, -0.1) is 0 Å². The van der Waals surface area contributed by atoms with Crippen molar-refractivity contribution in [3.63, 3.8) is 0 Å². The number of halogens is 1. The van der Waals surface area contributed by atoms with E-state index < -0.39 is 0 Å². The summed E-state index contributed by atoms with van der Waals surface area (Å²) in [6.45, 7) is 3.76. The lowest BCUT2D eigenvalue weighted by Gasteiger charge is -2.21. The van der Waals surface area contributed by atoms with Crippen LogP contribution in [0.4, 0.5) is 0 Å². The zero-order chi connectivity index (χ0) is 16.9. The molecule has 126 valence electrons. The number of fused-ring (bicyclic) bond motifs is 1. The number of hydrogen-bond donors (Lipinski definition) is 0. The van der Waals surface area contributed by atoms with Crippen LogP contribution in [0.1, 0.15) is 41.5 Å². The van der Waals surface area contributed by atoms with Crippen molar-refractivity contribution >= 4 is 17.5 Å². The Balaban J connectivity index is 1.55. The molecule has 0 spiro atoms. The lowest BCUT2D eigenvalue weighted by atomic mass is 10.0. The van der Waals surface area contributed by atoms with E-state index in [0.29, 0.717) is 6.42 Å². The lowest BCUT2D eigenvalue weighted by molar-refractivity contribution is -0.131. The van der Waals surface area contributed by atoms with Gasteiger partial charge in [0, 0.05) is 24.5 Å². The van der Waals surface area contributed by atoms with Gasteiger partial charge in [0.05, 0.1) is 0 Å². The van der Waals surface area contributed by atoms with Crippen LogP contribution in [0.15, 0.2) is 42.5 Å². The summed E-state index contributed by atoms with van der Waals surface area (Å²) >= 11 is 5.90. The van der Waals surface area contributed by atoms with E-state index in [2.05, 4.69) is 25.1 Å². The molecule has 3 rings (SSSR count). The van der Waals surface area contributed by atoms with Gasteiger partial charge < -0.3 is 4.90 Å². The maximum atomic E-state index is 12.6. The Morgan fingerprint density at radius 3 is 2.71 bits per heavy atom. The summed E-state index contributed by atoms with van der Waals surface area (Å²) in [5.41, 5.74) is 5.26. The number of rotatable bonds is 4. The maximum absolute atomic E-state index is 12.6. The second-order valence-electron chi connectivity index (χ2n) is 6.67. The van der Waals surface area contributed by atoms with Gasteiger partial charge in [-0.25, -0.2) is 0 Å². The van der Waals surface area contributed by atoms with Crippen LogP contribution in [0.5, 0.6) is 0 Å². The molecule has 0 fully saturated rings. The molecule has 0 bridgehead atoms. The Hall–Kier alpha value is -1.80. The molecule has 2 aromatic rings. The summed E-state index contributed by atoms with van der Waals surface area (Å²) in [5, 5.41) is 0.758. The molecule has 0 saturated heterocycles. The molecule has 24 heavy (non-hydrogen) atoms. The third-order valence-corrected chi connectivity index (χ3v) is 4.97. The first kappa shape index (κ1) is 17.0. The van der Waals surface area contributed by atoms with Crippen LogP contribution in [-0.4, -0.2) is 17.4 Å². The molecular formula is C21H24ClNO. The zero-order valence-corrected chi connectivity index (χ0v) is 15.0. The molecule has 2 aromatic carbocycles. The first-order valence-corrected chi connectivity index (χ1v) is 9.10. The number of amides is 1. The van der Waals surface area contributed by atoms with E-state index in [4.69, 9.17) is 11.6 Å². The van der Waals surface area contributed by atoms with Crippen molar-refractivity contribution in [1.82, 2.24) is 4.90 Å². The van der Waals surface area contributed by atoms with Gasteiger partial charge in [-0.3, -0.25) is 4.79 Å². The Morgan fingerprint density at radius 1 is 1.12 bits per heavy atom. The number of hydrogen-bond acceptors (Lipinski definition) is 1. The normalized spacial score (nSPS) is 14.2. The van der Waals surface area contributed by atoms with Crippen molar-refractivity contribution in [2.75, 3.05) is 6.54 Å². The summed E-state index contributed by atoms with van der Waals surface area (Å²) in [7, 11) is 0. The molecule has 1 amide bonds. The minimum atomic E-state index is 0.275. The van der Waals surface area contributed by atoms with E-state index in [1.54, 1.807) is 0 Å². The van der Waals surface area contributed by atoms with Crippen LogP contribution >= 0.6 is 11.6 Å². The third kappa shape index (κ3) is 4.39. The topological polar surface area (TPSA) is 20.3 Å². The van der Waals surface area contributed by atoms with Crippen LogP contribution in [0.2, 0.25) is 5.02 Å². The molecule has 0 atom stereocenters. The standard InChI is InChI=1S/C21H24ClNO/c1-16-7-10-19-15-23(13-3-5-18(19)14-16)21(24)6-2-4-17-8-11-20(22)12-9-17/h7-12,14H,2-6,13,15H2,1H3. The Labute approximate surface area is 149 Å². The predicted octanol–water partition coefficient (Wildman–Crippen LogP) is 4.95. The van der Waals surface area contributed by atoms with E-state index in [-0.39, 0.29) is 5.91 Å². The molecule has 1 aliphatic rings. The van der Waals surface area contributed by atoms with Crippen molar-refractivity contribution in [3.8, 4) is 0 Å². The largest absolute Gasteiger partial charge is 0.338 e. The lowest BCUT2D eigenvalue weighted by Crippen LogP contribution is -2.30. The van der Waals surface area contributed by atoms with Gasteiger partial charge in [0.25, 0.3) is 0 Å². The molecule has 3 heteroatoms. The highest BCUT2D eigenvalue weighted by atomic mass is 35.5. The smallest absolute Gasteiger partial charge is 0.222 e. The molecule has 0 radical (unpaired) electrons. The zero-order valence-electron chi connectivity index (χ0n) is 14.2. The second-order valence-corrected chi connectivity index (χ2v) is 7.11. The summed E-state index contributed by atoms with van der Waals surface area (Å²) in [5.74, 6) is 0.275. The van der Waals surface area contributed by atoms with Crippen molar-refractivity contribution in [2.45, 2.75) is 45.6 Å². The molecule has 0 aliphatic carbocycles. The molecular weight excluding hydrogens is 318 g/mol. The predicted molar refractivity (Wildman–Crippen MR) is 99.3 cm³/mol. The fourth-order valence-corrected chi connectivity index (χ4v) is 3.48. The highest BCUT2D eigenvalue weighted by molar-refractivity contribution is 6.30. The monoisotopic (exact) mass is 341 g/mol. The number of benzene rings is 2. The van der Waals surface area contributed by atoms with Gasteiger partial charge in [-0.05, 0) is 61.4 Å². The Kier molecular flexibility index (Phi) is 5.57. The molecule has 1 aliphatic heterocycles. The molecule has 1 heterocycles. The van der Waals surface area contributed by atoms with Crippen LogP contribution in [0.25, 0.3) is 0 Å². The summed E-state index contributed by atoms with van der Waals surface area (Å²) < 4.78 is 0. The fraction of sp³-hybridized carbons (Fsp3) is 0.381. The first-order chi connectivity index (χ1) is 11.6. The number of carbonyl (C=O) groups excluding carboxylic acids is 1. The van der Waals surface area contributed by atoms with Gasteiger partial charge in [0.2, 0.25) is 5.91 Å². The maximum Gasteiger partial charge on any atom is 0.222 e. The van der Waals surface area contributed by atoms with E-state index in [1.165, 1.54) is 22.3 Å².